The maximum absolute atomic E-state index is 9.99. The van der Waals surface area contributed by atoms with Crippen molar-refractivity contribution in [2.75, 3.05) is 5.75 Å². The molecular weight excluding hydrogens is 204 g/mol. The van der Waals surface area contributed by atoms with Crippen LogP contribution < -0.4 is 0 Å². The van der Waals surface area contributed by atoms with Crippen molar-refractivity contribution in [1.29, 1.82) is 0 Å². The van der Waals surface area contributed by atoms with E-state index in [2.05, 4.69) is 6.58 Å². The third-order valence-electron chi connectivity index (χ3n) is 3.05. The third kappa shape index (κ3) is 5.62. The van der Waals surface area contributed by atoms with E-state index in [1.165, 1.54) is 44.3 Å². The zero-order valence-corrected chi connectivity index (χ0v) is 10.5. The summed E-state index contributed by atoms with van der Waals surface area (Å²) in [4.78, 5) is 0. The molecule has 1 heterocycles. The number of aliphatic hydroxyl groups excluding tert-OH is 1. The van der Waals surface area contributed by atoms with Crippen molar-refractivity contribution >= 4 is 11.8 Å². The lowest BCUT2D eigenvalue weighted by molar-refractivity contribution is 0.152. The predicted octanol–water partition coefficient (Wildman–Crippen LogP) is 3.77. The molecule has 0 spiro atoms. The topological polar surface area (TPSA) is 20.2 Å². The van der Waals surface area contributed by atoms with Gasteiger partial charge in [0.2, 0.25) is 0 Å². The van der Waals surface area contributed by atoms with Gasteiger partial charge in [0, 0.05) is 5.25 Å². The van der Waals surface area contributed by atoms with Gasteiger partial charge in [-0.3, -0.25) is 0 Å². The Morgan fingerprint density at radius 2 is 2.20 bits per heavy atom. The van der Waals surface area contributed by atoms with Crippen LogP contribution in [0.15, 0.2) is 12.7 Å². The molecule has 0 bridgehead atoms. The van der Waals surface area contributed by atoms with Gasteiger partial charge in [-0.25, -0.2) is 0 Å². The van der Waals surface area contributed by atoms with Crippen LogP contribution in [0.5, 0.6) is 0 Å². The lowest BCUT2D eigenvalue weighted by Crippen LogP contribution is -2.25. The van der Waals surface area contributed by atoms with Crippen molar-refractivity contribution in [2.45, 2.75) is 62.7 Å². The molecule has 0 aliphatic carbocycles. The Labute approximate surface area is 98.3 Å². The average Bonchev–Trinajstić information content (AvgIpc) is 2.30. The molecule has 1 saturated heterocycles. The summed E-state index contributed by atoms with van der Waals surface area (Å²) >= 11 is 1.97. The highest BCUT2D eigenvalue weighted by Crippen LogP contribution is 2.29. The fourth-order valence-corrected chi connectivity index (χ4v) is 3.44. The number of hydrogen-bond acceptors (Lipinski definition) is 2. The molecule has 2 heteroatoms. The van der Waals surface area contributed by atoms with E-state index < -0.39 is 0 Å². The molecule has 1 nitrogen and oxygen atoms in total. The van der Waals surface area contributed by atoms with Crippen LogP contribution in [0.1, 0.15) is 51.4 Å². The van der Waals surface area contributed by atoms with Crippen molar-refractivity contribution < 1.29 is 5.11 Å². The molecular formula is C13H24OS. The largest absolute Gasteiger partial charge is 0.392 e. The summed E-state index contributed by atoms with van der Waals surface area (Å²) in [5, 5.41) is 10.5. The van der Waals surface area contributed by atoms with Crippen molar-refractivity contribution in [3.63, 3.8) is 0 Å². The predicted molar refractivity (Wildman–Crippen MR) is 69.4 cm³/mol. The van der Waals surface area contributed by atoms with Crippen molar-refractivity contribution in [3.8, 4) is 0 Å². The van der Waals surface area contributed by atoms with Crippen LogP contribution in [-0.4, -0.2) is 22.2 Å². The van der Waals surface area contributed by atoms with Crippen molar-refractivity contribution in [3.05, 3.63) is 12.7 Å². The highest BCUT2D eigenvalue weighted by Gasteiger charge is 2.21. The average molecular weight is 228 g/mol. The molecule has 0 aromatic heterocycles. The van der Waals surface area contributed by atoms with Gasteiger partial charge in [-0.2, -0.15) is 11.8 Å². The first-order valence-electron chi connectivity index (χ1n) is 6.25. The van der Waals surface area contributed by atoms with Gasteiger partial charge in [0.05, 0.1) is 6.10 Å². The third-order valence-corrected chi connectivity index (χ3v) is 4.55. The summed E-state index contributed by atoms with van der Waals surface area (Å²) in [7, 11) is 0. The molecule has 1 aliphatic heterocycles. The Hall–Kier alpha value is 0.0500. The molecule has 15 heavy (non-hydrogen) atoms. The maximum atomic E-state index is 9.99. The second kappa shape index (κ2) is 8.23. The monoisotopic (exact) mass is 228 g/mol. The molecule has 1 fully saturated rings. The van der Waals surface area contributed by atoms with Gasteiger partial charge in [-0.05, 0) is 37.9 Å². The Bertz CT molecular complexity index is 164. The number of unbranched alkanes of at least 4 members (excludes halogenated alkanes) is 3. The van der Waals surface area contributed by atoms with E-state index in [9.17, 15) is 5.11 Å². The molecule has 1 aliphatic rings. The van der Waals surface area contributed by atoms with E-state index in [0.717, 1.165) is 12.8 Å². The summed E-state index contributed by atoms with van der Waals surface area (Å²) in [6.07, 6.45) is 11.5. The zero-order valence-electron chi connectivity index (χ0n) is 9.66. The Morgan fingerprint density at radius 3 is 2.87 bits per heavy atom. The lowest BCUT2D eigenvalue weighted by atomic mass is 10.0. The Morgan fingerprint density at radius 1 is 1.33 bits per heavy atom. The summed E-state index contributed by atoms with van der Waals surface area (Å²) in [5.74, 6) is 1.25. The van der Waals surface area contributed by atoms with Gasteiger partial charge in [-0.1, -0.05) is 25.3 Å². The van der Waals surface area contributed by atoms with Gasteiger partial charge in [-0.15, -0.1) is 6.58 Å². The van der Waals surface area contributed by atoms with Gasteiger partial charge < -0.3 is 5.11 Å². The van der Waals surface area contributed by atoms with E-state index in [-0.39, 0.29) is 6.10 Å². The second-order valence-corrected chi connectivity index (χ2v) is 5.75. The van der Waals surface area contributed by atoms with Crippen LogP contribution in [0, 0.1) is 0 Å². The fraction of sp³-hybridized carbons (Fsp3) is 0.846. The first-order valence-corrected chi connectivity index (χ1v) is 7.30. The Balaban J connectivity index is 2.01. The first kappa shape index (κ1) is 13.1. The smallest absolute Gasteiger partial charge is 0.0658 e. The molecule has 2 atom stereocenters. The summed E-state index contributed by atoms with van der Waals surface area (Å²) in [6, 6.07) is 0. The van der Waals surface area contributed by atoms with E-state index >= 15 is 0 Å². The Kier molecular flexibility index (Phi) is 7.20. The van der Waals surface area contributed by atoms with Gasteiger partial charge in [0.1, 0.15) is 0 Å². The minimum atomic E-state index is -0.0565. The number of hydrogen-bond donors (Lipinski definition) is 1. The summed E-state index contributed by atoms with van der Waals surface area (Å²) in [6.45, 7) is 3.71. The minimum Gasteiger partial charge on any atom is -0.392 e. The minimum absolute atomic E-state index is 0.0565. The first-order chi connectivity index (χ1) is 7.34. The standard InChI is InChI=1S/C13H24OS/c1-2-3-4-5-6-9-12(14)13-10-7-8-11-15-13/h2,12-14H,1,3-11H2. The fourth-order valence-electron chi connectivity index (χ4n) is 2.07. The molecule has 2 unspecified atom stereocenters. The molecule has 0 saturated carbocycles. The van der Waals surface area contributed by atoms with Gasteiger partial charge >= 0.3 is 0 Å². The van der Waals surface area contributed by atoms with E-state index in [1.54, 1.807) is 0 Å². The normalized spacial score (nSPS) is 23.7. The van der Waals surface area contributed by atoms with Crippen LogP contribution in [0.2, 0.25) is 0 Å². The summed E-state index contributed by atoms with van der Waals surface area (Å²) in [5.41, 5.74) is 0. The number of rotatable bonds is 7. The molecule has 0 amide bonds. The van der Waals surface area contributed by atoms with Crippen molar-refractivity contribution in [1.82, 2.24) is 0 Å². The van der Waals surface area contributed by atoms with Crippen LogP contribution in [-0.2, 0) is 0 Å². The van der Waals surface area contributed by atoms with E-state index in [1.807, 2.05) is 17.8 Å². The number of thioether (sulfide) groups is 1. The molecule has 1 rings (SSSR count). The van der Waals surface area contributed by atoms with Gasteiger partial charge in [0.15, 0.2) is 0 Å². The van der Waals surface area contributed by atoms with Crippen LogP contribution in [0.3, 0.4) is 0 Å². The molecule has 88 valence electrons. The molecule has 1 N–H and O–H groups in total. The molecule has 0 aromatic rings. The highest BCUT2D eigenvalue weighted by molar-refractivity contribution is 8.00. The van der Waals surface area contributed by atoms with Crippen LogP contribution in [0.25, 0.3) is 0 Å². The lowest BCUT2D eigenvalue weighted by Gasteiger charge is -2.26. The van der Waals surface area contributed by atoms with E-state index in [4.69, 9.17) is 0 Å². The number of aliphatic hydroxyl groups is 1. The van der Waals surface area contributed by atoms with Gasteiger partial charge in [0.25, 0.3) is 0 Å². The highest BCUT2D eigenvalue weighted by atomic mass is 32.2. The van der Waals surface area contributed by atoms with E-state index in [0.29, 0.717) is 5.25 Å². The second-order valence-electron chi connectivity index (χ2n) is 4.40. The quantitative estimate of drug-likeness (QED) is 0.529. The van der Waals surface area contributed by atoms with Crippen LogP contribution in [0.4, 0.5) is 0 Å². The number of allylic oxidation sites excluding steroid dienone is 1. The van der Waals surface area contributed by atoms with Crippen molar-refractivity contribution in [2.24, 2.45) is 0 Å². The van der Waals surface area contributed by atoms with Crippen LogP contribution >= 0.6 is 11.8 Å². The maximum Gasteiger partial charge on any atom is 0.0658 e. The SMILES string of the molecule is C=CCCCCCC(O)C1CCCCS1. The zero-order chi connectivity index (χ0) is 10.9. The molecule has 0 radical (unpaired) electrons. The molecule has 0 aromatic carbocycles. The summed E-state index contributed by atoms with van der Waals surface area (Å²) < 4.78 is 0.